The van der Waals surface area contributed by atoms with E-state index in [0.29, 0.717) is 13.1 Å². The van der Waals surface area contributed by atoms with Crippen molar-refractivity contribution in [3.63, 3.8) is 0 Å². The zero-order valence-electron chi connectivity index (χ0n) is 11.5. The van der Waals surface area contributed by atoms with Gasteiger partial charge in [0, 0.05) is 12.6 Å². The minimum Gasteiger partial charge on any atom is -0.476 e. The maximum Gasteiger partial charge on any atom is 0.358 e. The van der Waals surface area contributed by atoms with Gasteiger partial charge in [0.2, 0.25) is 0 Å². The number of rotatable bonds is 8. The average molecular weight is 290 g/mol. The molecule has 0 fully saturated rings. The predicted molar refractivity (Wildman–Crippen MR) is 76.0 cm³/mol. The van der Waals surface area contributed by atoms with Crippen LogP contribution in [-0.4, -0.2) is 50.4 Å². The number of carbonyl (C=O) groups is 1. The molecule has 1 aromatic carbocycles. The molecule has 0 spiro atoms. The number of carboxylic acid groups (broad SMARTS) is 1. The number of nitrogens with zero attached hydrogens (tertiary/aromatic N) is 3. The number of hydrogen-bond donors (Lipinski definition) is 3. The molecule has 0 bridgehead atoms. The summed E-state index contributed by atoms with van der Waals surface area (Å²) in [5, 5.41) is 28.6. The number of aromatic carboxylic acids is 1. The minimum absolute atomic E-state index is 0.0344. The third-order valence-corrected chi connectivity index (χ3v) is 3.08. The number of hydrogen-bond acceptors (Lipinski definition) is 5. The fourth-order valence-electron chi connectivity index (χ4n) is 1.99. The molecular weight excluding hydrogens is 272 g/mol. The van der Waals surface area contributed by atoms with Crippen LogP contribution in [0.15, 0.2) is 36.5 Å². The van der Waals surface area contributed by atoms with Gasteiger partial charge in [-0.2, -0.15) is 0 Å². The quantitative estimate of drug-likeness (QED) is 0.641. The molecule has 7 heteroatoms. The predicted octanol–water partition coefficient (Wildman–Crippen LogP) is 0.169. The second kappa shape index (κ2) is 7.51. The Morgan fingerprint density at radius 1 is 1.33 bits per heavy atom. The number of carboxylic acids is 1. The molecule has 2 rings (SSSR count). The summed E-state index contributed by atoms with van der Waals surface area (Å²) in [5.41, 5.74) is 1.08. The SMILES string of the molecule is O=C(O)c1cn(CCNC(CO)Cc2ccccc2)nn1. The van der Waals surface area contributed by atoms with Crippen molar-refractivity contribution < 1.29 is 15.0 Å². The standard InChI is InChI=1S/C14H18N4O3/c19-10-12(8-11-4-2-1-3-5-11)15-6-7-18-9-13(14(20)21)16-17-18/h1-5,9,12,15,19H,6-8,10H2,(H,20,21). The van der Waals surface area contributed by atoms with Gasteiger partial charge in [0.15, 0.2) is 5.69 Å². The molecule has 0 radical (unpaired) electrons. The molecule has 3 N–H and O–H groups in total. The molecule has 0 saturated heterocycles. The Labute approximate surface area is 122 Å². The van der Waals surface area contributed by atoms with E-state index >= 15 is 0 Å². The molecule has 0 saturated carbocycles. The smallest absolute Gasteiger partial charge is 0.358 e. The lowest BCUT2D eigenvalue weighted by Crippen LogP contribution is -2.36. The van der Waals surface area contributed by atoms with Gasteiger partial charge in [0.05, 0.1) is 19.3 Å². The van der Waals surface area contributed by atoms with Crippen LogP contribution in [0.25, 0.3) is 0 Å². The highest BCUT2D eigenvalue weighted by molar-refractivity contribution is 5.84. The zero-order valence-corrected chi connectivity index (χ0v) is 11.5. The van der Waals surface area contributed by atoms with Crippen LogP contribution in [0.5, 0.6) is 0 Å². The summed E-state index contributed by atoms with van der Waals surface area (Å²) in [6, 6.07) is 9.87. The second-order valence-electron chi connectivity index (χ2n) is 4.70. The summed E-state index contributed by atoms with van der Waals surface area (Å²) in [5.74, 6) is -1.09. The normalized spacial score (nSPS) is 12.2. The first-order valence-electron chi connectivity index (χ1n) is 6.70. The van der Waals surface area contributed by atoms with Gasteiger partial charge in [-0.3, -0.25) is 4.68 Å². The molecule has 112 valence electrons. The van der Waals surface area contributed by atoms with Crippen LogP contribution < -0.4 is 5.32 Å². The van der Waals surface area contributed by atoms with Crippen LogP contribution in [0.4, 0.5) is 0 Å². The van der Waals surface area contributed by atoms with E-state index in [2.05, 4.69) is 15.6 Å². The lowest BCUT2D eigenvalue weighted by atomic mass is 10.1. The zero-order chi connectivity index (χ0) is 15.1. The van der Waals surface area contributed by atoms with Crippen molar-refractivity contribution in [3.8, 4) is 0 Å². The van der Waals surface area contributed by atoms with Crippen molar-refractivity contribution in [3.05, 3.63) is 47.8 Å². The van der Waals surface area contributed by atoms with Crippen molar-refractivity contribution in [1.82, 2.24) is 20.3 Å². The van der Waals surface area contributed by atoms with Crippen molar-refractivity contribution in [2.45, 2.75) is 19.0 Å². The van der Waals surface area contributed by atoms with E-state index in [9.17, 15) is 9.90 Å². The number of aliphatic hydroxyl groups excluding tert-OH is 1. The highest BCUT2D eigenvalue weighted by Gasteiger charge is 2.10. The highest BCUT2D eigenvalue weighted by Crippen LogP contribution is 2.02. The molecule has 1 atom stereocenters. The van der Waals surface area contributed by atoms with E-state index in [1.165, 1.54) is 10.9 Å². The van der Waals surface area contributed by atoms with E-state index in [4.69, 9.17) is 5.11 Å². The summed E-state index contributed by atoms with van der Waals surface area (Å²) in [7, 11) is 0. The Balaban J connectivity index is 1.79. The van der Waals surface area contributed by atoms with Crippen molar-refractivity contribution in [2.75, 3.05) is 13.2 Å². The van der Waals surface area contributed by atoms with Crippen molar-refractivity contribution >= 4 is 5.97 Å². The minimum atomic E-state index is -1.09. The number of nitrogens with one attached hydrogen (secondary N) is 1. The van der Waals surface area contributed by atoms with Crippen LogP contribution in [0.3, 0.4) is 0 Å². The first-order chi connectivity index (χ1) is 10.2. The highest BCUT2D eigenvalue weighted by atomic mass is 16.4. The molecule has 1 unspecified atom stereocenters. The van der Waals surface area contributed by atoms with Crippen LogP contribution >= 0.6 is 0 Å². The summed E-state index contributed by atoms with van der Waals surface area (Å²) < 4.78 is 1.47. The molecular formula is C14H18N4O3. The van der Waals surface area contributed by atoms with E-state index in [1.54, 1.807) is 0 Å². The molecule has 0 aliphatic rings. The Morgan fingerprint density at radius 3 is 2.71 bits per heavy atom. The molecule has 1 heterocycles. The number of benzene rings is 1. The molecule has 2 aromatic rings. The largest absolute Gasteiger partial charge is 0.476 e. The summed E-state index contributed by atoms with van der Waals surface area (Å²) in [6.07, 6.45) is 2.12. The molecule has 21 heavy (non-hydrogen) atoms. The lowest BCUT2D eigenvalue weighted by molar-refractivity contribution is 0.0690. The Hall–Kier alpha value is -2.25. The summed E-state index contributed by atoms with van der Waals surface area (Å²) >= 11 is 0. The van der Waals surface area contributed by atoms with Crippen molar-refractivity contribution in [1.29, 1.82) is 0 Å². The molecule has 1 aromatic heterocycles. The average Bonchev–Trinajstić information content (AvgIpc) is 2.96. The molecule has 0 aliphatic heterocycles. The van der Waals surface area contributed by atoms with Crippen molar-refractivity contribution in [2.24, 2.45) is 0 Å². The summed E-state index contributed by atoms with van der Waals surface area (Å²) in [4.78, 5) is 10.7. The monoisotopic (exact) mass is 290 g/mol. The summed E-state index contributed by atoms with van der Waals surface area (Å²) in [6.45, 7) is 1.10. The van der Waals surface area contributed by atoms with E-state index in [1.807, 2.05) is 30.3 Å². The van der Waals surface area contributed by atoms with Crippen LogP contribution in [0.1, 0.15) is 16.1 Å². The van der Waals surface area contributed by atoms with Gasteiger partial charge < -0.3 is 15.5 Å². The first-order valence-corrected chi connectivity index (χ1v) is 6.70. The van der Waals surface area contributed by atoms with Crippen LogP contribution in [0.2, 0.25) is 0 Å². The fraction of sp³-hybridized carbons (Fsp3) is 0.357. The van der Waals surface area contributed by atoms with Gasteiger partial charge in [0.1, 0.15) is 0 Å². The van der Waals surface area contributed by atoms with Gasteiger partial charge in [-0.15, -0.1) is 5.10 Å². The van der Waals surface area contributed by atoms with Gasteiger partial charge in [0.25, 0.3) is 0 Å². The lowest BCUT2D eigenvalue weighted by Gasteiger charge is -2.16. The van der Waals surface area contributed by atoms with E-state index in [0.717, 1.165) is 12.0 Å². The second-order valence-corrected chi connectivity index (χ2v) is 4.70. The van der Waals surface area contributed by atoms with Gasteiger partial charge in [-0.25, -0.2) is 4.79 Å². The molecule has 7 nitrogen and oxygen atoms in total. The third-order valence-electron chi connectivity index (χ3n) is 3.08. The first kappa shape index (κ1) is 15.1. The van der Waals surface area contributed by atoms with E-state index < -0.39 is 5.97 Å². The topological polar surface area (TPSA) is 100 Å². The number of aromatic nitrogens is 3. The Bertz CT molecular complexity index is 571. The number of aliphatic hydroxyl groups is 1. The van der Waals surface area contributed by atoms with Gasteiger partial charge >= 0.3 is 5.97 Å². The van der Waals surface area contributed by atoms with Gasteiger partial charge in [-0.1, -0.05) is 35.5 Å². The van der Waals surface area contributed by atoms with E-state index in [-0.39, 0.29) is 18.3 Å². The fourth-order valence-corrected chi connectivity index (χ4v) is 1.99. The van der Waals surface area contributed by atoms with Gasteiger partial charge in [-0.05, 0) is 12.0 Å². The van der Waals surface area contributed by atoms with Crippen LogP contribution in [-0.2, 0) is 13.0 Å². The Morgan fingerprint density at radius 2 is 2.10 bits per heavy atom. The molecule has 0 amide bonds. The maximum absolute atomic E-state index is 10.7. The maximum atomic E-state index is 10.7. The van der Waals surface area contributed by atoms with Crippen LogP contribution in [0, 0.1) is 0 Å². The Kier molecular flexibility index (Phi) is 5.42. The molecule has 0 aliphatic carbocycles. The third kappa shape index (κ3) is 4.66.